The maximum atomic E-state index is 14.0. The minimum Gasteiger partial charge on any atom is -0.326 e. The topological polar surface area (TPSA) is 75.2 Å². The Morgan fingerprint density at radius 1 is 1.07 bits per heavy atom. The van der Waals surface area contributed by atoms with Gasteiger partial charge in [-0.3, -0.25) is 9.59 Å². The summed E-state index contributed by atoms with van der Waals surface area (Å²) >= 11 is 1.35. The van der Waals surface area contributed by atoms with Crippen molar-refractivity contribution in [1.82, 2.24) is 9.97 Å². The average Bonchev–Trinajstić information content (AvgIpc) is 3.11. The number of aromatic nitrogens is 2. The maximum Gasteiger partial charge on any atom is 0.229 e. The van der Waals surface area contributed by atoms with Crippen molar-refractivity contribution in [1.29, 1.82) is 0 Å². The van der Waals surface area contributed by atoms with Crippen molar-refractivity contribution in [3.63, 3.8) is 0 Å². The highest BCUT2D eigenvalue weighted by molar-refractivity contribution is 7.99. The Labute approximate surface area is 175 Å². The molecule has 1 aromatic carbocycles. The number of hydrogen-bond donors (Lipinski definition) is 1. The van der Waals surface area contributed by atoms with Gasteiger partial charge in [0.15, 0.2) is 0 Å². The summed E-state index contributed by atoms with van der Waals surface area (Å²) in [4.78, 5) is 34.6. The zero-order chi connectivity index (χ0) is 21.1. The largest absolute Gasteiger partial charge is 0.326 e. The second kappa shape index (κ2) is 8.58. The molecule has 9 heteroatoms. The van der Waals surface area contributed by atoms with E-state index in [-0.39, 0.29) is 30.5 Å². The van der Waals surface area contributed by atoms with Crippen LogP contribution in [0.25, 0.3) is 0 Å². The first-order valence-electron chi connectivity index (χ1n) is 9.11. The van der Waals surface area contributed by atoms with E-state index in [4.69, 9.17) is 0 Å². The first-order valence-corrected chi connectivity index (χ1v) is 9.92. The molecular formula is C21H16F2N4O2S. The molecule has 1 aliphatic rings. The lowest BCUT2D eigenvalue weighted by Crippen LogP contribution is -2.28. The minimum atomic E-state index is -0.838. The lowest BCUT2D eigenvalue weighted by molar-refractivity contribution is -0.122. The normalized spacial score (nSPS) is 16.0. The van der Waals surface area contributed by atoms with Gasteiger partial charge < -0.3 is 10.2 Å². The number of halogens is 2. The van der Waals surface area contributed by atoms with Gasteiger partial charge in [0.2, 0.25) is 11.8 Å². The first kappa shape index (κ1) is 20.0. The number of pyridine rings is 2. The molecule has 152 valence electrons. The third-order valence-electron chi connectivity index (χ3n) is 4.55. The maximum absolute atomic E-state index is 14.0. The third kappa shape index (κ3) is 4.46. The predicted octanol–water partition coefficient (Wildman–Crippen LogP) is 3.90. The van der Waals surface area contributed by atoms with Gasteiger partial charge in [-0.2, -0.15) is 0 Å². The highest BCUT2D eigenvalue weighted by Crippen LogP contribution is 2.29. The molecule has 0 radical (unpaired) electrons. The Morgan fingerprint density at radius 3 is 2.67 bits per heavy atom. The third-order valence-corrected chi connectivity index (χ3v) is 5.43. The molecule has 1 fully saturated rings. The zero-order valence-electron chi connectivity index (χ0n) is 15.6. The summed E-state index contributed by atoms with van der Waals surface area (Å²) in [6.07, 6.45) is 3.20. The van der Waals surface area contributed by atoms with Crippen LogP contribution >= 0.6 is 11.8 Å². The van der Waals surface area contributed by atoms with Crippen LogP contribution in [0.3, 0.4) is 0 Å². The number of nitrogens with one attached hydrogen (secondary N) is 1. The van der Waals surface area contributed by atoms with Crippen molar-refractivity contribution >= 4 is 35.0 Å². The SMILES string of the molecule is O=C(Nc1ccnc(Sc2ccccn2)c1)[C@@H]1CC(=O)N(c2ccc(F)cc2F)C1. The van der Waals surface area contributed by atoms with Crippen LogP contribution in [-0.2, 0) is 9.59 Å². The molecule has 3 heterocycles. The smallest absolute Gasteiger partial charge is 0.229 e. The van der Waals surface area contributed by atoms with Gasteiger partial charge in [-0.15, -0.1) is 0 Å². The molecule has 2 amide bonds. The van der Waals surface area contributed by atoms with Crippen molar-refractivity contribution < 1.29 is 18.4 Å². The van der Waals surface area contributed by atoms with Crippen molar-refractivity contribution in [3.05, 3.63) is 72.6 Å². The number of amides is 2. The molecule has 0 bridgehead atoms. The number of anilines is 2. The summed E-state index contributed by atoms with van der Waals surface area (Å²) < 4.78 is 27.2. The lowest BCUT2D eigenvalue weighted by atomic mass is 10.1. The summed E-state index contributed by atoms with van der Waals surface area (Å²) in [7, 11) is 0. The van der Waals surface area contributed by atoms with Crippen LogP contribution in [0.1, 0.15) is 6.42 Å². The van der Waals surface area contributed by atoms with Gasteiger partial charge in [-0.25, -0.2) is 18.7 Å². The van der Waals surface area contributed by atoms with Gasteiger partial charge in [0.1, 0.15) is 21.7 Å². The highest BCUT2D eigenvalue weighted by Gasteiger charge is 2.36. The summed E-state index contributed by atoms with van der Waals surface area (Å²) in [6, 6.07) is 11.9. The summed E-state index contributed by atoms with van der Waals surface area (Å²) in [6.45, 7) is 0.0217. The first-order chi connectivity index (χ1) is 14.5. The Morgan fingerprint density at radius 2 is 1.90 bits per heavy atom. The molecule has 1 saturated heterocycles. The predicted molar refractivity (Wildman–Crippen MR) is 108 cm³/mol. The van der Waals surface area contributed by atoms with Gasteiger partial charge in [0, 0.05) is 37.1 Å². The molecule has 0 aliphatic carbocycles. The van der Waals surface area contributed by atoms with Crippen molar-refractivity contribution in [3.8, 4) is 0 Å². The molecular weight excluding hydrogens is 410 g/mol. The number of carbonyl (C=O) groups excluding carboxylic acids is 2. The van der Waals surface area contributed by atoms with E-state index < -0.39 is 17.6 Å². The zero-order valence-corrected chi connectivity index (χ0v) is 16.4. The lowest BCUT2D eigenvalue weighted by Gasteiger charge is -2.17. The molecule has 30 heavy (non-hydrogen) atoms. The van der Waals surface area contributed by atoms with Gasteiger partial charge in [0.25, 0.3) is 0 Å². The number of nitrogens with zero attached hydrogens (tertiary/aromatic N) is 3. The molecule has 0 saturated carbocycles. The Bertz CT molecular complexity index is 1100. The van der Waals surface area contributed by atoms with E-state index in [1.54, 1.807) is 24.5 Å². The summed E-state index contributed by atoms with van der Waals surface area (Å²) in [5, 5.41) is 4.21. The van der Waals surface area contributed by atoms with E-state index in [1.165, 1.54) is 22.7 Å². The second-order valence-electron chi connectivity index (χ2n) is 6.64. The van der Waals surface area contributed by atoms with E-state index in [2.05, 4.69) is 15.3 Å². The Kier molecular flexibility index (Phi) is 5.71. The Hall–Kier alpha value is -3.33. The second-order valence-corrected chi connectivity index (χ2v) is 7.68. The van der Waals surface area contributed by atoms with Crippen LogP contribution in [0.5, 0.6) is 0 Å². The van der Waals surface area contributed by atoms with E-state index in [1.807, 2.05) is 18.2 Å². The monoisotopic (exact) mass is 426 g/mol. The van der Waals surface area contributed by atoms with Crippen LogP contribution < -0.4 is 10.2 Å². The number of hydrogen-bond acceptors (Lipinski definition) is 5. The standard InChI is InChI=1S/C21H16F2N4O2S/c22-14-4-5-17(16(23)10-14)27-12-13(9-20(27)28)21(29)26-15-6-8-25-19(11-15)30-18-3-1-2-7-24-18/h1-8,10-11,13H,9,12H2,(H,25,26,29)/t13-/m1/s1. The van der Waals surface area contributed by atoms with E-state index >= 15 is 0 Å². The van der Waals surface area contributed by atoms with E-state index in [9.17, 15) is 18.4 Å². The quantitative estimate of drug-likeness (QED) is 0.670. The van der Waals surface area contributed by atoms with Gasteiger partial charge in [-0.05, 0) is 36.4 Å². The number of rotatable bonds is 5. The van der Waals surface area contributed by atoms with Crippen LogP contribution in [-0.4, -0.2) is 28.3 Å². The van der Waals surface area contributed by atoms with Gasteiger partial charge >= 0.3 is 0 Å². The van der Waals surface area contributed by atoms with Crippen molar-refractivity contribution in [2.75, 3.05) is 16.8 Å². The van der Waals surface area contributed by atoms with Crippen molar-refractivity contribution in [2.24, 2.45) is 5.92 Å². The fraction of sp³-hybridized carbons (Fsp3) is 0.143. The summed E-state index contributed by atoms with van der Waals surface area (Å²) in [5.41, 5.74) is 0.502. The van der Waals surface area contributed by atoms with Gasteiger partial charge in [0.05, 0.1) is 11.6 Å². The fourth-order valence-corrected chi connectivity index (χ4v) is 3.89. The van der Waals surface area contributed by atoms with Crippen molar-refractivity contribution in [2.45, 2.75) is 16.5 Å². The molecule has 3 aromatic rings. The minimum absolute atomic E-state index is 0.0217. The average molecular weight is 426 g/mol. The molecule has 0 unspecified atom stereocenters. The van der Waals surface area contributed by atoms with Crippen LogP contribution in [0.2, 0.25) is 0 Å². The van der Waals surface area contributed by atoms with E-state index in [0.29, 0.717) is 16.8 Å². The molecule has 0 spiro atoms. The van der Waals surface area contributed by atoms with Crippen LogP contribution in [0.4, 0.5) is 20.2 Å². The molecule has 4 rings (SSSR count). The fourth-order valence-electron chi connectivity index (χ4n) is 3.12. The van der Waals surface area contributed by atoms with E-state index in [0.717, 1.165) is 11.1 Å². The summed E-state index contributed by atoms with van der Waals surface area (Å²) in [5.74, 6) is -2.96. The molecule has 1 atom stereocenters. The van der Waals surface area contributed by atoms with Crippen LogP contribution in [0, 0.1) is 17.6 Å². The van der Waals surface area contributed by atoms with Gasteiger partial charge in [-0.1, -0.05) is 17.8 Å². The Balaban J connectivity index is 1.43. The molecule has 2 aromatic heterocycles. The number of carbonyl (C=O) groups is 2. The molecule has 6 nitrogen and oxygen atoms in total. The molecule has 1 N–H and O–H groups in total. The highest BCUT2D eigenvalue weighted by atomic mass is 32.2. The molecule has 1 aliphatic heterocycles. The number of benzene rings is 1. The van der Waals surface area contributed by atoms with Crippen LogP contribution in [0.15, 0.2) is 71.0 Å².